The van der Waals surface area contributed by atoms with E-state index in [9.17, 15) is 8.42 Å². The van der Waals surface area contributed by atoms with Gasteiger partial charge in [-0.15, -0.1) is 0 Å². The van der Waals surface area contributed by atoms with Gasteiger partial charge >= 0.3 is 0 Å². The summed E-state index contributed by atoms with van der Waals surface area (Å²) in [7, 11) is -3.38. The molecule has 1 aliphatic rings. The van der Waals surface area contributed by atoms with Gasteiger partial charge in [-0.1, -0.05) is 6.92 Å². The van der Waals surface area contributed by atoms with E-state index in [-0.39, 0.29) is 6.04 Å². The summed E-state index contributed by atoms with van der Waals surface area (Å²) in [5, 5.41) is 4.08. The Morgan fingerprint density at radius 1 is 1.53 bits per heavy atom. The van der Waals surface area contributed by atoms with Gasteiger partial charge in [0, 0.05) is 31.5 Å². The molecule has 2 rings (SSSR count). The van der Waals surface area contributed by atoms with Crippen LogP contribution in [0.3, 0.4) is 0 Å². The molecule has 1 fully saturated rings. The zero-order valence-corrected chi connectivity index (χ0v) is 12.3. The van der Waals surface area contributed by atoms with Gasteiger partial charge < -0.3 is 0 Å². The molecule has 6 nitrogen and oxygen atoms in total. The van der Waals surface area contributed by atoms with E-state index in [4.69, 9.17) is 0 Å². The summed E-state index contributed by atoms with van der Waals surface area (Å²) >= 11 is 0. The van der Waals surface area contributed by atoms with E-state index in [1.165, 1.54) is 0 Å². The number of nitrogens with zero attached hydrogens (tertiary/aromatic N) is 3. The van der Waals surface area contributed by atoms with E-state index in [1.807, 2.05) is 19.2 Å². The first kappa shape index (κ1) is 14.5. The zero-order chi connectivity index (χ0) is 13.9. The summed E-state index contributed by atoms with van der Waals surface area (Å²) in [5.41, 5.74) is 0. The predicted octanol–water partition coefficient (Wildman–Crippen LogP) is 0.838. The van der Waals surface area contributed by atoms with E-state index in [0.717, 1.165) is 12.8 Å². The molecular formula is C12H22N4O2S. The van der Waals surface area contributed by atoms with Gasteiger partial charge in [0.05, 0.1) is 6.54 Å². The van der Waals surface area contributed by atoms with Crippen LogP contribution in [0.1, 0.15) is 26.7 Å². The van der Waals surface area contributed by atoms with Gasteiger partial charge in [0.1, 0.15) is 0 Å². The van der Waals surface area contributed by atoms with Crippen molar-refractivity contribution in [1.29, 1.82) is 0 Å². The average molecular weight is 286 g/mol. The molecule has 0 unspecified atom stereocenters. The summed E-state index contributed by atoms with van der Waals surface area (Å²) < 4.78 is 30.5. The average Bonchev–Trinajstić information content (AvgIpc) is 2.81. The largest absolute Gasteiger partial charge is 0.279 e. The molecule has 0 radical (unpaired) electrons. The van der Waals surface area contributed by atoms with Gasteiger partial charge in [-0.3, -0.25) is 4.68 Å². The highest BCUT2D eigenvalue weighted by atomic mass is 32.2. The number of rotatable bonds is 5. The molecule has 0 saturated carbocycles. The Bertz CT molecular complexity index is 486. The lowest BCUT2D eigenvalue weighted by atomic mass is 10.0. The minimum Gasteiger partial charge on any atom is -0.271 e. The molecular weight excluding hydrogens is 264 g/mol. The van der Waals surface area contributed by atoms with E-state index in [2.05, 4.69) is 16.7 Å². The summed E-state index contributed by atoms with van der Waals surface area (Å²) in [4.78, 5) is 0. The Hall–Kier alpha value is -0.920. The summed E-state index contributed by atoms with van der Waals surface area (Å²) in [6.07, 6.45) is 5.56. The van der Waals surface area contributed by atoms with Crippen LogP contribution in [0.5, 0.6) is 0 Å². The lowest BCUT2D eigenvalue weighted by Crippen LogP contribution is -2.48. The molecule has 0 aliphatic carbocycles. The maximum Gasteiger partial charge on any atom is 0.279 e. The summed E-state index contributed by atoms with van der Waals surface area (Å²) in [6, 6.07) is 1.65. The molecule has 1 aromatic rings. The minimum absolute atomic E-state index is 0.179. The molecule has 1 N–H and O–H groups in total. The van der Waals surface area contributed by atoms with E-state index < -0.39 is 10.2 Å². The predicted molar refractivity (Wildman–Crippen MR) is 73.7 cm³/mol. The number of hydrogen-bond acceptors (Lipinski definition) is 3. The third-order valence-electron chi connectivity index (χ3n) is 3.33. The van der Waals surface area contributed by atoms with Crippen LogP contribution in [0.25, 0.3) is 0 Å². The second kappa shape index (κ2) is 6.02. The molecule has 1 saturated heterocycles. The first-order valence-corrected chi connectivity index (χ1v) is 8.16. The number of aromatic nitrogens is 2. The minimum atomic E-state index is -3.38. The number of nitrogens with one attached hydrogen (secondary N) is 1. The lowest BCUT2D eigenvalue weighted by molar-refractivity contribution is 0.276. The SMILES string of the molecule is C[C@@H]1CCCN(S(=O)(=O)N[C@@H](C)Cn2cccn2)C1. The molecule has 19 heavy (non-hydrogen) atoms. The molecule has 0 amide bonds. The fraction of sp³-hybridized carbons (Fsp3) is 0.750. The maximum absolute atomic E-state index is 12.3. The lowest BCUT2D eigenvalue weighted by Gasteiger charge is -2.31. The van der Waals surface area contributed by atoms with Crippen molar-refractivity contribution in [2.45, 2.75) is 39.3 Å². The van der Waals surface area contributed by atoms with Crippen LogP contribution < -0.4 is 4.72 Å². The van der Waals surface area contributed by atoms with Crippen molar-refractivity contribution < 1.29 is 8.42 Å². The molecule has 2 heterocycles. The van der Waals surface area contributed by atoms with Gasteiger partial charge in [-0.25, -0.2) is 0 Å². The van der Waals surface area contributed by atoms with Gasteiger partial charge in [0.2, 0.25) is 0 Å². The standard InChI is InChI=1S/C12H22N4O2S/c1-11-5-3-8-16(9-11)19(17,18)14-12(2)10-15-7-4-6-13-15/h4,6-7,11-12,14H,3,5,8-10H2,1-2H3/t11-,12+/m1/s1. The topological polar surface area (TPSA) is 67.2 Å². The first-order chi connectivity index (χ1) is 8.97. The van der Waals surface area contributed by atoms with Gasteiger partial charge in [-0.2, -0.15) is 22.5 Å². The van der Waals surface area contributed by atoms with Crippen LogP contribution in [0.15, 0.2) is 18.5 Å². The number of hydrogen-bond donors (Lipinski definition) is 1. The molecule has 2 atom stereocenters. The van der Waals surface area contributed by atoms with Crippen molar-refractivity contribution in [2.24, 2.45) is 5.92 Å². The Kier molecular flexibility index (Phi) is 4.59. The van der Waals surface area contributed by atoms with Crippen LogP contribution in [0.4, 0.5) is 0 Å². The van der Waals surface area contributed by atoms with E-state index in [1.54, 1.807) is 15.2 Å². The van der Waals surface area contributed by atoms with Crippen LogP contribution in [-0.2, 0) is 16.8 Å². The van der Waals surface area contributed by atoms with E-state index >= 15 is 0 Å². The van der Waals surface area contributed by atoms with Gasteiger partial charge in [0.15, 0.2) is 0 Å². The molecule has 108 valence electrons. The Labute approximate surface area is 115 Å². The molecule has 0 bridgehead atoms. The third-order valence-corrected chi connectivity index (χ3v) is 5.04. The van der Waals surface area contributed by atoms with Crippen molar-refractivity contribution in [3.63, 3.8) is 0 Å². The fourth-order valence-corrected chi connectivity index (χ4v) is 3.97. The zero-order valence-electron chi connectivity index (χ0n) is 11.5. The quantitative estimate of drug-likeness (QED) is 0.872. The van der Waals surface area contributed by atoms with Gasteiger partial charge in [-0.05, 0) is 31.7 Å². The van der Waals surface area contributed by atoms with Crippen LogP contribution in [-0.4, -0.2) is 41.6 Å². The number of piperidine rings is 1. The molecule has 0 spiro atoms. The molecule has 0 aromatic carbocycles. The Morgan fingerprint density at radius 2 is 2.32 bits per heavy atom. The van der Waals surface area contributed by atoms with Crippen molar-refractivity contribution in [3.8, 4) is 0 Å². The van der Waals surface area contributed by atoms with Crippen LogP contribution >= 0.6 is 0 Å². The van der Waals surface area contributed by atoms with E-state index in [0.29, 0.717) is 25.6 Å². The molecule has 7 heteroatoms. The van der Waals surface area contributed by atoms with Crippen molar-refractivity contribution in [1.82, 2.24) is 18.8 Å². The van der Waals surface area contributed by atoms with Crippen molar-refractivity contribution in [2.75, 3.05) is 13.1 Å². The normalized spacial score (nSPS) is 23.4. The molecule has 1 aromatic heterocycles. The second-order valence-electron chi connectivity index (χ2n) is 5.36. The Balaban J connectivity index is 1.92. The maximum atomic E-state index is 12.3. The van der Waals surface area contributed by atoms with Crippen molar-refractivity contribution in [3.05, 3.63) is 18.5 Å². The summed E-state index contributed by atoms with van der Waals surface area (Å²) in [5.74, 6) is 0.437. The summed E-state index contributed by atoms with van der Waals surface area (Å²) in [6.45, 7) is 5.72. The van der Waals surface area contributed by atoms with Gasteiger partial charge in [0.25, 0.3) is 10.2 Å². The second-order valence-corrected chi connectivity index (χ2v) is 7.06. The van der Waals surface area contributed by atoms with Crippen LogP contribution in [0.2, 0.25) is 0 Å². The molecule has 1 aliphatic heterocycles. The first-order valence-electron chi connectivity index (χ1n) is 6.72. The van der Waals surface area contributed by atoms with Crippen molar-refractivity contribution >= 4 is 10.2 Å². The third kappa shape index (κ3) is 4.02. The monoisotopic (exact) mass is 286 g/mol. The highest BCUT2D eigenvalue weighted by Crippen LogP contribution is 2.17. The highest BCUT2D eigenvalue weighted by Gasteiger charge is 2.28. The Morgan fingerprint density at radius 3 is 2.95 bits per heavy atom. The highest BCUT2D eigenvalue weighted by molar-refractivity contribution is 7.87. The fourth-order valence-electron chi connectivity index (χ4n) is 2.42. The van der Waals surface area contributed by atoms with Crippen LogP contribution in [0, 0.1) is 5.92 Å². The smallest absolute Gasteiger partial charge is 0.271 e.